The summed E-state index contributed by atoms with van der Waals surface area (Å²) in [6.07, 6.45) is 0. The van der Waals surface area contributed by atoms with Gasteiger partial charge in [-0.1, -0.05) is 0 Å². The number of hydrogen-bond donors (Lipinski definition) is 0. The number of rotatable bonds is 2. The smallest absolute Gasteiger partial charge is 0.163 e. The number of Topliss-reactive ketones (excluding diaryl/α,β-unsaturated/α-hetero) is 1. The van der Waals surface area contributed by atoms with Crippen molar-refractivity contribution in [2.24, 2.45) is 0 Å². The van der Waals surface area contributed by atoms with Crippen molar-refractivity contribution in [2.75, 3.05) is 7.11 Å². The van der Waals surface area contributed by atoms with Gasteiger partial charge in [0.25, 0.3) is 0 Å². The van der Waals surface area contributed by atoms with Gasteiger partial charge in [-0.3, -0.25) is 4.79 Å². The molecule has 0 unspecified atom stereocenters. The molecule has 0 heterocycles. The highest BCUT2D eigenvalue weighted by Gasteiger charge is 2.12. The van der Waals surface area contributed by atoms with Crippen molar-refractivity contribution in [3.8, 4) is 5.75 Å². The number of carbonyl (C=O) groups excluding carboxylic acids is 1. The van der Waals surface area contributed by atoms with Crippen LogP contribution in [0.4, 0.5) is 0 Å². The summed E-state index contributed by atoms with van der Waals surface area (Å²) >= 11 is 5.50. The van der Waals surface area contributed by atoms with Gasteiger partial charge in [-0.15, -0.1) is 0 Å². The Balaban J connectivity index is 3.38. The topological polar surface area (TPSA) is 26.3 Å². The molecule has 1 rings (SSSR count). The maximum absolute atomic E-state index is 11.2. The Morgan fingerprint density at radius 2 is 2.15 bits per heavy atom. The van der Waals surface area contributed by atoms with Crippen molar-refractivity contribution >= 4 is 44.3 Å². The van der Waals surface area contributed by atoms with Crippen LogP contribution in [0.3, 0.4) is 0 Å². The van der Waals surface area contributed by atoms with Crippen LogP contribution in [0.15, 0.2) is 16.6 Å². The molecule has 2 nitrogen and oxygen atoms in total. The van der Waals surface area contributed by atoms with Gasteiger partial charge < -0.3 is 4.74 Å². The van der Waals surface area contributed by atoms with E-state index in [4.69, 9.17) is 4.74 Å². The number of carbonyl (C=O) groups is 1. The number of ketones is 1. The third-order valence-electron chi connectivity index (χ3n) is 1.59. The van der Waals surface area contributed by atoms with Crippen LogP contribution in [0, 0.1) is 3.57 Å². The van der Waals surface area contributed by atoms with Crippen LogP contribution in [0.5, 0.6) is 5.75 Å². The van der Waals surface area contributed by atoms with Gasteiger partial charge in [0.05, 0.1) is 17.1 Å². The average molecular weight is 355 g/mol. The van der Waals surface area contributed by atoms with Crippen molar-refractivity contribution < 1.29 is 9.53 Å². The van der Waals surface area contributed by atoms with Crippen LogP contribution in [-0.2, 0) is 0 Å². The molecule has 0 atom stereocenters. The van der Waals surface area contributed by atoms with Gasteiger partial charge in [-0.05, 0) is 57.6 Å². The summed E-state index contributed by atoms with van der Waals surface area (Å²) in [5.41, 5.74) is 0.612. The lowest BCUT2D eigenvalue weighted by Crippen LogP contribution is -1.99. The molecule has 1 aromatic carbocycles. The molecule has 70 valence electrons. The van der Waals surface area contributed by atoms with Gasteiger partial charge in [0.1, 0.15) is 5.75 Å². The summed E-state index contributed by atoms with van der Waals surface area (Å²) in [6, 6.07) is 3.72. The zero-order valence-electron chi connectivity index (χ0n) is 7.23. The van der Waals surface area contributed by atoms with Crippen LogP contribution in [0.1, 0.15) is 17.3 Å². The van der Waals surface area contributed by atoms with Crippen molar-refractivity contribution in [2.45, 2.75) is 6.92 Å². The predicted molar refractivity (Wildman–Crippen MR) is 63.4 cm³/mol. The number of hydrogen-bond acceptors (Lipinski definition) is 2. The van der Waals surface area contributed by atoms with E-state index in [1.54, 1.807) is 7.11 Å². The lowest BCUT2D eigenvalue weighted by atomic mass is 10.1. The maximum atomic E-state index is 11.2. The highest BCUT2D eigenvalue weighted by molar-refractivity contribution is 14.1. The summed E-state index contributed by atoms with van der Waals surface area (Å²) in [7, 11) is 1.55. The van der Waals surface area contributed by atoms with Crippen LogP contribution in [0.25, 0.3) is 0 Å². The van der Waals surface area contributed by atoms with Crippen LogP contribution in [-0.4, -0.2) is 12.9 Å². The van der Waals surface area contributed by atoms with Gasteiger partial charge in [-0.2, -0.15) is 0 Å². The number of benzene rings is 1. The van der Waals surface area contributed by atoms with Crippen molar-refractivity contribution in [3.05, 3.63) is 25.7 Å². The molecule has 0 fully saturated rings. The van der Waals surface area contributed by atoms with E-state index in [0.717, 1.165) is 8.04 Å². The Morgan fingerprint density at radius 3 is 2.62 bits per heavy atom. The second-order valence-electron chi connectivity index (χ2n) is 2.52. The number of ether oxygens (including phenoxy) is 1. The van der Waals surface area contributed by atoms with E-state index < -0.39 is 0 Å². The van der Waals surface area contributed by atoms with Crippen LogP contribution < -0.4 is 4.74 Å². The number of methoxy groups -OCH3 is 1. The summed E-state index contributed by atoms with van der Waals surface area (Å²) in [5.74, 6) is 0.615. The first-order valence-electron chi connectivity index (χ1n) is 3.60. The molecule has 0 aliphatic rings. The Kier molecular flexibility index (Phi) is 3.73. The van der Waals surface area contributed by atoms with Gasteiger partial charge in [0.2, 0.25) is 0 Å². The second-order valence-corrected chi connectivity index (χ2v) is 4.62. The number of halogens is 2. The SMILES string of the molecule is COc1c(Br)cc(I)cc1C(C)=O. The minimum Gasteiger partial charge on any atom is -0.495 e. The average Bonchev–Trinajstić information content (AvgIpc) is 2.02. The standard InChI is InChI=1S/C9H8BrIO2/c1-5(12)7-3-6(11)4-8(10)9(7)13-2/h3-4H,1-2H3. The van der Waals surface area contributed by atoms with Crippen molar-refractivity contribution in [1.82, 2.24) is 0 Å². The van der Waals surface area contributed by atoms with E-state index in [-0.39, 0.29) is 5.78 Å². The lowest BCUT2D eigenvalue weighted by molar-refractivity contribution is 0.101. The molecule has 0 saturated heterocycles. The van der Waals surface area contributed by atoms with Gasteiger partial charge in [0.15, 0.2) is 5.78 Å². The maximum Gasteiger partial charge on any atom is 0.163 e. The Hall–Kier alpha value is -0.100. The van der Waals surface area contributed by atoms with E-state index >= 15 is 0 Å². The zero-order chi connectivity index (χ0) is 10.0. The first-order chi connectivity index (χ1) is 6.06. The summed E-state index contributed by atoms with van der Waals surface area (Å²) in [5, 5.41) is 0. The molecule has 0 amide bonds. The molecule has 1 aromatic rings. The highest BCUT2D eigenvalue weighted by atomic mass is 127. The molecule has 0 aliphatic heterocycles. The third-order valence-corrected chi connectivity index (χ3v) is 2.80. The fourth-order valence-electron chi connectivity index (χ4n) is 1.03. The van der Waals surface area contributed by atoms with E-state index in [1.807, 2.05) is 12.1 Å². The Bertz CT molecular complexity index is 350. The molecule has 0 radical (unpaired) electrons. The predicted octanol–water partition coefficient (Wildman–Crippen LogP) is 3.26. The Labute approximate surface area is 98.9 Å². The van der Waals surface area contributed by atoms with E-state index in [0.29, 0.717) is 11.3 Å². The van der Waals surface area contributed by atoms with E-state index in [2.05, 4.69) is 38.5 Å². The molecule has 0 aliphatic carbocycles. The fraction of sp³-hybridized carbons (Fsp3) is 0.222. The summed E-state index contributed by atoms with van der Waals surface area (Å²) < 4.78 is 6.94. The molecular formula is C9H8BrIO2. The lowest BCUT2D eigenvalue weighted by Gasteiger charge is -2.08. The first-order valence-corrected chi connectivity index (χ1v) is 5.47. The van der Waals surface area contributed by atoms with E-state index in [1.165, 1.54) is 6.92 Å². The van der Waals surface area contributed by atoms with Gasteiger partial charge >= 0.3 is 0 Å². The molecular weight excluding hydrogens is 347 g/mol. The van der Waals surface area contributed by atoms with Crippen LogP contribution in [0.2, 0.25) is 0 Å². The normalized spacial score (nSPS) is 9.85. The second kappa shape index (κ2) is 4.41. The highest BCUT2D eigenvalue weighted by Crippen LogP contribution is 2.31. The molecule has 13 heavy (non-hydrogen) atoms. The first kappa shape index (κ1) is 11.0. The zero-order valence-corrected chi connectivity index (χ0v) is 11.0. The van der Waals surface area contributed by atoms with Crippen molar-refractivity contribution in [1.29, 1.82) is 0 Å². The van der Waals surface area contributed by atoms with E-state index in [9.17, 15) is 4.79 Å². The summed E-state index contributed by atoms with van der Waals surface area (Å²) in [4.78, 5) is 11.2. The third kappa shape index (κ3) is 2.43. The van der Waals surface area contributed by atoms with Crippen molar-refractivity contribution in [3.63, 3.8) is 0 Å². The largest absolute Gasteiger partial charge is 0.495 e. The monoisotopic (exact) mass is 354 g/mol. The minimum atomic E-state index is 0.0102. The molecule has 0 N–H and O–H groups in total. The minimum absolute atomic E-state index is 0.0102. The molecule has 0 spiro atoms. The molecule has 0 aromatic heterocycles. The van der Waals surface area contributed by atoms with Crippen LogP contribution >= 0.6 is 38.5 Å². The molecule has 0 saturated carbocycles. The van der Waals surface area contributed by atoms with Gasteiger partial charge in [-0.25, -0.2) is 0 Å². The molecule has 0 bridgehead atoms. The molecule has 4 heteroatoms. The Morgan fingerprint density at radius 1 is 1.54 bits per heavy atom. The quantitative estimate of drug-likeness (QED) is 0.602. The summed E-state index contributed by atoms with van der Waals surface area (Å²) in [6.45, 7) is 1.53. The van der Waals surface area contributed by atoms with Gasteiger partial charge in [0, 0.05) is 3.57 Å². The fourth-order valence-corrected chi connectivity index (χ4v) is 2.70.